The van der Waals surface area contributed by atoms with Crippen molar-refractivity contribution in [3.8, 4) is 0 Å². The number of ether oxygens (including phenoxy) is 1. The van der Waals surface area contributed by atoms with Gasteiger partial charge in [0, 0.05) is 18.6 Å². The fraction of sp³-hybridized carbons (Fsp3) is 0.667. The van der Waals surface area contributed by atoms with E-state index >= 15 is 0 Å². The normalized spacial score (nSPS) is 13.0. The Morgan fingerprint density at radius 2 is 2.08 bits per heavy atom. The van der Waals surface area contributed by atoms with Crippen molar-refractivity contribution in [1.29, 1.82) is 0 Å². The lowest BCUT2D eigenvalue weighted by Gasteiger charge is -2.20. The van der Waals surface area contributed by atoms with Crippen molar-refractivity contribution >= 4 is 5.91 Å². The van der Waals surface area contributed by atoms with Crippen molar-refractivity contribution in [2.24, 2.45) is 17.6 Å². The average Bonchev–Trinajstić information content (AvgIpc) is 1.98. The lowest BCUT2D eigenvalue weighted by Crippen LogP contribution is -2.26. The number of hydrogen-bond donors (Lipinski definition) is 1. The van der Waals surface area contributed by atoms with E-state index in [1.165, 1.54) is 0 Å². The second-order valence-corrected chi connectivity index (χ2v) is 3.20. The van der Waals surface area contributed by atoms with E-state index in [0.717, 1.165) is 0 Å². The van der Waals surface area contributed by atoms with Gasteiger partial charge in [0.25, 0.3) is 0 Å². The van der Waals surface area contributed by atoms with Gasteiger partial charge in [0.1, 0.15) is 0 Å². The topological polar surface area (TPSA) is 52.3 Å². The van der Waals surface area contributed by atoms with Gasteiger partial charge in [-0.15, -0.1) is 0 Å². The number of primary amides is 1. The first kappa shape index (κ1) is 11.2. The Balaban J connectivity index is 4.29. The van der Waals surface area contributed by atoms with E-state index in [-0.39, 0.29) is 5.92 Å². The molecule has 0 unspecified atom stereocenters. The number of carbonyl (C=O) groups excluding carboxylic acids is 1. The zero-order chi connectivity index (χ0) is 9.72. The molecule has 0 aliphatic heterocycles. The van der Waals surface area contributed by atoms with Crippen molar-refractivity contribution in [2.45, 2.75) is 13.8 Å². The molecule has 0 aromatic heterocycles. The zero-order valence-electron chi connectivity index (χ0n) is 7.96. The zero-order valence-corrected chi connectivity index (χ0v) is 7.96. The van der Waals surface area contributed by atoms with Gasteiger partial charge in [-0.25, -0.2) is 0 Å². The maximum atomic E-state index is 10.8. The van der Waals surface area contributed by atoms with E-state index in [1.807, 2.05) is 13.8 Å². The predicted octanol–water partition coefficient (Wildman–Crippen LogP) is 0.946. The van der Waals surface area contributed by atoms with Gasteiger partial charge >= 0.3 is 0 Å². The van der Waals surface area contributed by atoms with Gasteiger partial charge in [-0.2, -0.15) is 0 Å². The summed E-state index contributed by atoms with van der Waals surface area (Å²) in [5.74, 6) is -0.0804. The molecule has 1 amide bonds. The molecule has 0 spiro atoms. The number of rotatable bonds is 5. The molecule has 0 fully saturated rings. The van der Waals surface area contributed by atoms with Crippen molar-refractivity contribution in [3.05, 3.63) is 12.2 Å². The minimum absolute atomic E-state index is 0.0347. The third-order valence-corrected chi connectivity index (χ3v) is 1.92. The van der Waals surface area contributed by atoms with E-state index in [2.05, 4.69) is 6.58 Å². The Hall–Kier alpha value is -0.830. The van der Waals surface area contributed by atoms with Crippen LogP contribution in [-0.4, -0.2) is 19.6 Å². The molecule has 12 heavy (non-hydrogen) atoms. The molecular weight excluding hydrogens is 154 g/mol. The smallest absolute Gasteiger partial charge is 0.244 e. The van der Waals surface area contributed by atoms with Gasteiger partial charge in [0.2, 0.25) is 5.91 Å². The third kappa shape index (κ3) is 3.05. The molecule has 1 atom stereocenters. The largest absolute Gasteiger partial charge is 0.384 e. The van der Waals surface area contributed by atoms with Crippen molar-refractivity contribution in [1.82, 2.24) is 0 Å². The first-order chi connectivity index (χ1) is 5.50. The summed E-state index contributed by atoms with van der Waals surface area (Å²) >= 11 is 0. The van der Waals surface area contributed by atoms with E-state index in [4.69, 9.17) is 10.5 Å². The summed E-state index contributed by atoms with van der Waals surface area (Å²) in [6.07, 6.45) is 0. The highest BCUT2D eigenvalue weighted by Gasteiger charge is 2.19. The summed E-state index contributed by atoms with van der Waals surface area (Å²) in [5, 5.41) is 0. The Bertz CT molecular complexity index is 175. The van der Waals surface area contributed by atoms with Crippen molar-refractivity contribution in [3.63, 3.8) is 0 Å². The van der Waals surface area contributed by atoms with Crippen LogP contribution in [0.1, 0.15) is 13.8 Å². The van der Waals surface area contributed by atoms with Crippen LogP contribution in [0.2, 0.25) is 0 Å². The molecule has 0 bridgehead atoms. The summed E-state index contributed by atoms with van der Waals surface area (Å²) in [4.78, 5) is 10.8. The number of methoxy groups -OCH3 is 1. The Labute approximate surface area is 73.6 Å². The van der Waals surface area contributed by atoms with Gasteiger partial charge in [-0.3, -0.25) is 4.79 Å². The van der Waals surface area contributed by atoms with Gasteiger partial charge < -0.3 is 10.5 Å². The standard InChI is InChI=1S/C9H17NO2/c1-6(2)8(5-12-4)7(3)9(10)11/h6,8H,3,5H2,1-2,4H3,(H2,10,11)/t8-/m1/s1. The highest BCUT2D eigenvalue weighted by atomic mass is 16.5. The van der Waals surface area contributed by atoms with Crippen LogP contribution in [0.4, 0.5) is 0 Å². The van der Waals surface area contributed by atoms with Crippen molar-refractivity contribution in [2.75, 3.05) is 13.7 Å². The van der Waals surface area contributed by atoms with E-state index in [0.29, 0.717) is 18.1 Å². The van der Waals surface area contributed by atoms with Gasteiger partial charge in [0.15, 0.2) is 0 Å². The van der Waals surface area contributed by atoms with Crippen LogP contribution < -0.4 is 5.73 Å². The highest BCUT2D eigenvalue weighted by Crippen LogP contribution is 2.18. The fourth-order valence-electron chi connectivity index (χ4n) is 1.06. The summed E-state index contributed by atoms with van der Waals surface area (Å²) in [5.41, 5.74) is 5.56. The quantitative estimate of drug-likeness (QED) is 0.626. The molecule has 3 heteroatoms. The molecule has 3 nitrogen and oxygen atoms in total. The van der Waals surface area contributed by atoms with Crippen LogP contribution in [0, 0.1) is 11.8 Å². The van der Waals surface area contributed by atoms with Gasteiger partial charge in [0.05, 0.1) is 6.61 Å². The molecule has 0 saturated carbocycles. The van der Waals surface area contributed by atoms with Crippen molar-refractivity contribution < 1.29 is 9.53 Å². The Morgan fingerprint density at radius 1 is 1.58 bits per heavy atom. The number of amides is 1. The molecule has 0 rings (SSSR count). The maximum Gasteiger partial charge on any atom is 0.244 e. The molecule has 70 valence electrons. The minimum atomic E-state index is -0.439. The molecule has 0 saturated heterocycles. The second kappa shape index (κ2) is 4.93. The minimum Gasteiger partial charge on any atom is -0.384 e. The van der Waals surface area contributed by atoms with E-state index in [9.17, 15) is 4.79 Å². The van der Waals surface area contributed by atoms with E-state index in [1.54, 1.807) is 7.11 Å². The molecule has 0 aromatic rings. The molecule has 0 aromatic carbocycles. The molecule has 0 aliphatic rings. The molecule has 0 radical (unpaired) electrons. The van der Waals surface area contributed by atoms with E-state index < -0.39 is 5.91 Å². The molecule has 0 aliphatic carbocycles. The number of nitrogens with two attached hydrogens (primary N) is 1. The van der Waals surface area contributed by atoms with Crippen LogP contribution in [0.3, 0.4) is 0 Å². The first-order valence-corrected chi connectivity index (χ1v) is 3.98. The van der Waals surface area contributed by atoms with Crippen LogP contribution >= 0.6 is 0 Å². The maximum absolute atomic E-state index is 10.8. The number of carbonyl (C=O) groups is 1. The Kier molecular flexibility index (Phi) is 4.59. The average molecular weight is 171 g/mol. The summed E-state index contributed by atoms with van der Waals surface area (Å²) in [6.45, 7) is 8.16. The molecule has 0 heterocycles. The number of hydrogen-bond acceptors (Lipinski definition) is 2. The summed E-state index contributed by atoms with van der Waals surface area (Å²) in [7, 11) is 1.60. The monoisotopic (exact) mass is 171 g/mol. The SMILES string of the molecule is C=C(C(N)=O)[C@H](COC)C(C)C. The fourth-order valence-corrected chi connectivity index (χ4v) is 1.06. The predicted molar refractivity (Wildman–Crippen MR) is 48.5 cm³/mol. The highest BCUT2D eigenvalue weighted by molar-refractivity contribution is 5.91. The van der Waals surface area contributed by atoms with Crippen LogP contribution in [0.25, 0.3) is 0 Å². The molecule has 2 N–H and O–H groups in total. The summed E-state index contributed by atoms with van der Waals surface area (Å²) in [6, 6.07) is 0. The lowest BCUT2D eigenvalue weighted by molar-refractivity contribution is -0.115. The summed E-state index contributed by atoms with van der Waals surface area (Å²) < 4.78 is 4.97. The Morgan fingerprint density at radius 3 is 2.33 bits per heavy atom. The third-order valence-electron chi connectivity index (χ3n) is 1.92. The molecular formula is C9H17NO2. The van der Waals surface area contributed by atoms with Crippen LogP contribution in [0.15, 0.2) is 12.2 Å². The van der Waals surface area contributed by atoms with Crippen LogP contribution in [0.5, 0.6) is 0 Å². The van der Waals surface area contributed by atoms with Gasteiger partial charge in [-0.1, -0.05) is 20.4 Å². The van der Waals surface area contributed by atoms with Crippen LogP contribution in [-0.2, 0) is 9.53 Å². The van der Waals surface area contributed by atoms with Gasteiger partial charge in [-0.05, 0) is 5.92 Å². The first-order valence-electron chi connectivity index (χ1n) is 3.98. The lowest BCUT2D eigenvalue weighted by atomic mass is 9.89. The second-order valence-electron chi connectivity index (χ2n) is 3.20.